The lowest BCUT2D eigenvalue weighted by atomic mass is 10.3. The number of rotatable bonds is 4. The van der Waals surface area contributed by atoms with Crippen molar-refractivity contribution in [3.05, 3.63) is 84.5 Å². The molecule has 0 nitrogen and oxygen atoms in total. The molecule has 0 fully saturated rings. The van der Waals surface area contributed by atoms with Crippen LogP contribution in [0.3, 0.4) is 0 Å². The van der Waals surface area contributed by atoms with Crippen molar-refractivity contribution in [3.8, 4) is 0 Å². The van der Waals surface area contributed by atoms with Crippen LogP contribution in [0.5, 0.6) is 0 Å². The standard InChI is InChI=1S/C18H18Si/c1-3-11-17(12-4-1)19(15-16-9-7-8-10-16)18-13-5-2-6-14-18/h1-9,11-14,19H,10,15H2. The highest BCUT2D eigenvalue weighted by molar-refractivity contribution is 6.85. The van der Waals surface area contributed by atoms with Gasteiger partial charge in [-0.15, -0.1) is 0 Å². The van der Waals surface area contributed by atoms with Crippen LogP contribution in [0.15, 0.2) is 84.5 Å². The summed E-state index contributed by atoms with van der Waals surface area (Å²) < 4.78 is 0. The van der Waals surface area contributed by atoms with Gasteiger partial charge in [0, 0.05) is 0 Å². The van der Waals surface area contributed by atoms with Gasteiger partial charge in [-0.25, -0.2) is 0 Å². The fourth-order valence-corrected chi connectivity index (χ4v) is 5.76. The lowest BCUT2D eigenvalue weighted by Gasteiger charge is -2.17. The van der Waals surface area contributed by atoms with E-state index in [4.69, 9.17) is 0 Å². The first-order chi connectivity index (χ1) is 9.43. The second-order valence-corrected chi connectivity index (χ2v) is 7.88. The Morgan fingerprint density at radius 2 is 1.37 bits per heavy atom. The monoisotopic (exact) mass is 262 g/mol. The van der Waals surface area contributed by atoms with Crippen LogP contribution in [0.1, 0.15) is 6.42 Å². The Kier molecular flexibility index (Phi) is 3.75. The van der Waals surface area contributed by atoms with Crippen molar-refractivity contribution >= 4 is 19.2 Å². The smallest absolute Gasteiger partial charge is 0.0805 e. The molecule has 0 bridgehead atoms. The maximum atomic E-state index is 2.30. The van der Waals surface area contributed by atoms with Crippen LogP contribution in [0, 0.1) is 0 Å². The molecule has 1 aliphatic carbocycles. The van der Waals surface area contributed by atoms with Crippen LogP contribution in [-0.4, -0.2) is 8.80 Å². The Morgan fingerprint density at radius 3 is 1.84 bits per heavy atom. The maximum absolute atomic E-state index is 2.30. The maximum Gasteiger partial charge on any atom is 0.107 e. The van der Waals surface area contributed by atoms with Crippen molar-refractivity contribution in [2.75, 3.05) is 0 Å². The zero-order chi connectivity index (χ0) is 12.9. The quantitative estimate of drug-likeness (QED) is 0.743. The van der Waals surface area contributed by atoms with E-state index in [9.17, 15) is 0 Å². The third-order valence-corrected chi connectivity index (χ3v) is 7.03. The normalized spacial score (nSPS) is 13.8. The molecule has 0 saturated carbocycles. The van der Waals surface area contributed by atoms with Gasteiger partial charge in [-0.1, -0.05) is 94.8 Å². The third-order valence-electron chi connectivity index (χ3n) is 3.72. The molecule has 0 unspecified atom stereocenters. The summed E-state index contributed by atoms with van der Waals surface area (Å²) in [5, 5.41) is 3.09. The second kappa shape index (κ2) is 5.85. The molecule has 3 rings (SSSR count). The molecule has 0 radical (unpaired) electrons. The van der Waals surface area contributed by atoms with Crippen molar-refractivity contribution in [1.82, 2.24) is 0 Å². The molecule has 2 aromatic carbocycles. The van der Waals surface area contributed by atoms with Crippen molar-refractivity contribution in [1.29, 1.82) is 0 Å². The Morgan fingerprint density at radius 1 is 0.789 bits per heavy atom. The van der Waals surface area contributed by atoms with Crippen LogP contribution in [-0.2, 0) is 0 Å². The highest BCUT2D eigenvalue weighted by Gasteiger charge is 2.17. The Labute approximate surface area is 116 Å². The Balaban J connectivity index is 1.92. The summed E-state index contributed by atoms with van der Waals surface area (Å²) >= 11 is 0. The van der Waals surface area contributed by atoms with Crippen molar-refractivity contribution in [2.24, 2.45) is 0 Å². The van der Waals surface area contributed by atoms with Gasteiger partial charge in [0.05, 0.1) is 0 Å². The van der Waals surface area contributed by atoms with Crippen LogP contribution in [0.2, 0.25) is 6.04 Å². The topological polar surface area (TPSA) is 0 Å². The molecule has 0 heterocycles. The van der Waals surface area contributed by atoms with Gasteiger partial charge in [-0.3, -0.25) is 0 Å². The van der Waals surface area contributed by atoms with E-state index in [0.29, 0.717) is 0 Å². The summed E-state index contributed by atoms with van der Waals surface area (Å²) in [6.45, 7) is 0. The van der Waals surface area contributed by atoms with E-state index >= 15 is 0 Å². The first-order valence-corrected chi connectivity index (χ1v) is 8.85. The van der Waals surface area contributed by atoms with Gasteiger partial charge in [0.1, 0.15) is 8.80 Å². The average molecular weight is 262 g/mol. The summed E-state index contributed by atoms with van der Waals surface area (Å²) in [6, 6.07) is 23.3. The van der Waals surface area contributed by atoms with E-state index in [1.165, 1.54) is 6.04 Å². The molecular formula is C18H18Si. The number of hydrogen-bond donors (Lipinski definition) is 0. The van der Waals surface area contributed by atoms with E-state index in [1.807, 2.05) is 0 Å². The highest BCUT2D eigenvalue weighted by atomic mass is 28.3. The van der Waals surface area contributed by atoms with Gasteiger partial charge in [0.15, 0.2) is 0 Å². The molecule has 19 heavy (non-hydrogen) atoms. The zero-order valence-electron chi connectivity index (χ0n) is 11.0. The molecule has 0 spiro atoms. The molecule has 0 saturated heterocycles. The SMILES string of the molecule is C1=CCC(C[SiH](c2ccccc2)c2ccccc2)=C1. The summed E-state index contributed by atoms with van der Waals surface area (Å²) in [4.78, 5) is 0. The molecule has 0 amide bonds. The molecule has 0 atom stereocenters. The van der Waals surface area contributed by atoms with Gasteiger partial charge >= 0.3 is 0 Å². The van der Waals surface area contributed by atoms with E-state index in [-0.39, 0.29) is 0 Å². The first-order valence-electron chi connectivity index (χ1n) is 6.88. The minimum atomic E-state index is -1.11. The van der Waals surface area contributed by atoms with Gasteiger partial charge in [0.2, 0.25) is 0 Å². The predicted molar refractivity (Wildman–Crippen MR) is 85.9 cm³/mol. The Bertz CT molecular complexity index is 542. The van der Waals surface area contributed by atoms with E-state index in [2.05, 4.69) is 78.9 Å². The molecule has 1 heteroatoms. The van der Waals surface area contributed by atoms with Crippen molar-refractivity contribution < 1.29 is 0 Å². The highest BCUT2D eigenvalue weighted by Crippen LogP contribution is 2.17. The predicted octanol–water partition coefficient (Wildman–Crippen LogP) is 2.91. The van der Waals surface area contributed by atoms with Gasteiger partial charge < -0.3 is 0 Å². The third kappa shape index (κ3) is 2.94. The van der Waals surface area contributed by atoms with Crippen molar-refractivity contribution in [2.45, 2.75) is 12.5 Å². The molecular weight excluding hydrogens is 244 g/mol. The zero-order valence-corrected chi connectivity index (χ0v) is 12.2. The number of benzene rings is 2. The van der Waals surface area contributed by atoms with Crippen LogP contribution >= 0.6 is 0 Å². The Hall–Kier alpha value is -1.86. The van der Waals surface area contributed by atoms with Crippen molar-refractivity contribution in [3.63, 3.8) is 0 Å². The van der Waals surface area contributed by atoms with Gasteiger partial charge in [0.25, 0.3) is 0 Å². The second-order valence-electron chi connectivity index (χ2n) is 5.04. The largest absolute Gasteiger partial charge is 0.107 e. The van der Waals surface area contributed by atoms with Gasteiger partial charge in [-0.2, -0.15) is 0 Å². The minimum absolute atomic E-state index is 1.11. The molecule has 0 N–H and O–H groups in total. The fraction of sp³-hybridized carbons (Fsp3) is 0.111. The number of allylic oxidation sites excluding steroid dienone is 4. The summed E-state index contributed by atoms with van der Waals surface area (Å²) in [6.07, 6.45) is 7.89. The summed E-state index contributed by atoms with van der Waals surface area (Å²) in [7, 11) is -1.11. The minimum Gasteiger partial charge on any atom is -0.0805 e. The molecule has 0 aromatic heterocycles. The first kappa shape index (κ1) is 12.2. The molecule has 0 aliphatic heterocycles. The van der Waals surface area contributed by atoms with E-state index in [1.54, 1.807) is 15.9 Å². The summed E-state index contributed by atoms with van der Waals surface area (Å²) in [5.41, 5.74) is 1.59. The van der Waals surface area contributed by atoms with Crippen LogP contribution in [0.25, 0.3) is 0 Å². The van der Waals surface area contributed by atoms with E-state index < -0.39 is 8.80 Å². The lowest BCUT2D eigenvalue weighted by molar-refractivity contribution is 1.24. The van der Waals surface area contributed by atoms with E-state index in [0.717, 1.165) is 6.42 Å². The fourth-order valence-electron chi connectivity index (χ4n) is 2.70. The van der Waals surface area contributed by atoms with Crippen LogP contribution < -0.4 is 10.4 Å². The van der Waals surface area contributed by atoms with Gasteiger partial charge in [-0.05, 0) is 12.5 Å². The van der Waals surface area contributed by atoms with Crippen LogP contribution in [0.4, 0.5) is 0 Å². The molecule has 2 aromatic rings. The average Bonchev–Trinajstić information content (AvgIpc) is 3.00. The molecule has 94 valence electrons. The molecule has 1 aliphatic rings. The summed E-state index contributed by atoms with van der Waals surface area (Å²) in [5.74, 6) is 0. The lowest BCUT2D eigenvalue weighted by Crippen LogP contribution is -2.42. The number of hydrogen-bond acceptors (Lipinski definition) is 0.